The van der Waals surface area contributed by atoms with Gasteiger partial charge >= 0.3 is 12.1 Å². The molecule has 0 bridgehead atoms. The number of amides is 1. The van der Waals surface area contributed by atoms with Crippen LogP contribution in [0, 0.1) is 12.8 Å². The fourth-order valence-electron chi connectivity index (χ4n) is 2.45. The first-order valence-corrected chi connectivity index (χ1v) is 8.22. The van der Waals surface area contributed by atoms with Crippen LogP contribution in [0.2, 0.25) is 5.15 Å². The van der Waals surface area contributed by atoms with Crippen molar-refractivity contribution in [2.75, 3.05) is 19.7 Å². The van der Waals surface area contributed by atoms with Gasteiger partial charge in [0.05, 0.1) is 6.61 Å². The zero-order chi connectivity index (χ0) is 17.0. The summed E-state index contributed by atoms with van der Waals surface area (Å²) in [5.41, 5.74) is 0.284. The molecule has 23 heavy (non-hydrogen) atoms. The van der Waals surface area contributed by atoms with Gasteiger partial charge in [-0.15, -0.1) is 0 Å². The number of hydrogen-bond donors (Lipinski definition) is 0. The standard InChI is InChI=1S/C16H24ClN3O3/c1-11-8-13(17)19-14(18-11)22-10-12-6-5-7-20(9-12)15(21)23-16(2,3)4/h8,12H,5-7,9-10H2,1-4H3. The smallest absolute Gasteiger partial charge is 0.410 e. The van der Waals surface area contributed by atoms with Gasteiger partial charge in [-0.2, -0.15) is 4.98 Å². The number of nitrogens with zero attached hydrogens (tertiary/aromatic N) is 3. The van der Waals surface area contributed by atoms with E-state index in [4.69, 9.17) is 21.1 Å². The van der Waals surface area contributed by atoms with Crippen molar-refractivity contribution in [2.24, 2.45) is 5.92 Å². The van der Waals surface area contributed by atoms with Crippen LogP contribution < -0.4 is 4.74 Å². The molecule has 1 aliphatic heterocycles. The van der Waals surface area contributed by atoms with Gasteiger partial charge in [-0.1, -0.05) is 11.6 Å². The molecule has 128 valence electrons. The quantitative estimate of drug-likeness (QED) is 0.788. The molecule has 2 rings (SSSR count). The molecule has 0 aromatic carbocycles. The number of aryl methyl sites for hydroxylation is 1. The molecule has 0 spiro atoms. The Morgan fingerprint density at radius 2 is 2.17 bits per heavy atom. The van der Waals surface area contributed by atoms with Gasteiger partial charge < -0.3 is 14.4 Å². The normalized spacial score (nSPS) is 18.7. The van der Waals surface area contributed by atoms with E-state index in [0.717, 1.165) is 25.1 Å². The molecule has 1 unspecified atom stereocenters. The van der Waals surface area contributed by atoms with Crippen molar-refractivity contribution in [3.05, 3.63) is 16.9 Å². The average molecular weight is 342 g/mol. The molecule has 0 saturated carbocycles. The summed E-state index contributed by atoms with van der Waals surface area (Å²) >= 11 is 5.90. The lowest BCUT2D eigenvalue weighted by atomic mass is 9.99. The van der Waals surface area contributed by atoms with Crippen molar-refractivity contribution in [2.45, 2.75) is 46.1 Å². The summed E-state index contributed by atoms with van der Waals surface area (Å²) in [6.45, 7) is 9.24. The summed E-state index contributed by atoms with van der Waals surface area (Å²) in [4.78, 5) is 22.1. The number of hydrogen-bond acceptors (Lipinski definition) is 5. The summed E-state index contributed by atoms with van der Waals surface area (Å²) in [7, 11) is 0. The first-order chi connectivity index (χ1) is 10.7. The minimum Gasteiger partial charge on any atom is -0.463 e. The van der Waals surface area contributed by atoms with E-state index in [2.05, 4.69) is 9.97 Å². The number of halogens is 1. The number of aromatic nitrogens is 2. The van der Waals surface area contributed by atoms with E-state index < -0.39 is 5.60 Å². The molecular weight excluding hydrogens is 318 g/mol. The molecule has 2 heterocycles. The Balaban J connectivity index is 1.87. The number of carbonyl (C=O) groups is 1. The van der Waals surface area contributed by atoms with E-state index in [1.165, 1.54) is 0 Å². The predicted molar refractivity (Wildman–Crippen MR) is 87.8 cm³/mol. The summed E-state index contributed by atoms with van der Waals surface area (Å²) < 4.78 is 11.1. The second kappa shape index (κ2) is 7.34. The Hall–Kier alpha value is -1.56. The van der Waals surface area contributed by atoms with Crippen molar-refractivity contribution in [1.29, 1.82) is 0 Å². The number of ether oxygens (including phenoxy) is 2. The number of piperidine rings is 1. The Kier molecular flexibility index (Phi) is 5.68. The van der Waals surface area contributed by atoms with Crippen LogP contribution in [-0.2, 0) is 4.74 Å². The Morgan fingerprint density at radius 1 is 1.43 bits per heavy atom. The van der Waals surface area contributed by atoms with Crippen molar-refractivity contribution in [3.63, 3.8) is 0 Å². The predicted octanol–water partition coefficient (Wildman–Crippen LogP) is 3.46. The lowest BCUT2D eigenvalue weighted by Gasteiger charge is -2.33. The van der Waals surface area contributed by atoms with Crippen LogP contribution in [0.4, 0.5) is 4.79 Å². The molecule has 0 aliphatic carbocycles. The van der Waals surface area contributed by atoms with Crippen LogP contribution in [0.3, 0.4) is 0 Å². The maximum Gasteiger partial charge on any atom is 0.410 e. The van der Waals surface area contributed by atoms with Crippen LogP contribution in [0.15, 0.2) is 6.07 Å². The molecule has 1 fully saturated rings. The largest absolute Gasteiger partial charge is 0.463 e. The van der Waals surface area contributed by atoms with Gasteiger partial charge in [0.2, 0.25) is 0 Å². The molecular formula is C16H24ClN3O3. The lowest BCUT2D eigenvalue weighted by molar-refractivity contribution is 0.0137. The lowest BCUT2D eigenvalue weighted by Crippen LogP contribution is -2.44. The first kappa shape index (κ1) is 17.8. The maximum atomic E-state index is 12.1. The van der Waals surface area contributed by atoms with E-state index in [1.54, 1.807) is 11.0 Å². The zero-order valence-corrected chi connectivity index (χ0v) is 14.9. The second-order valence-electron chi connectivity index (χ2n) is 6.86. The van der Waals surface area contributed by atoms with Crippen molar-refractivity contribution in [3.8, 4) is 6.01 Å². The monoisotopic (exact) mass is 341 g/mol. The molecule has 7 heteroatoms. The topological polar surface area (TPSA) is 64.5 Å². The molecule has 6 nitrogen and oxygen atoms in total. The van der Waals surface area contributed by atoms with Crippen LogP contribution in [0.5, 0.6) is 6.01 Å². The fourth-order valence-corrected chi connectivity index (χ4v) is 2.68. The average Bonchev–Trinajstić information content (AvgIpc) is 2.43. The highest BCUT2D eigenvalue weighted by Gasteiger charge is 2.28. The summed E-state index contributed by atoms with van der Waals surface area (Å²) in [6, 6.07) is 1.96. The molecule has 1 atom stereocenters. The van der Waals surface area contributed by atoms with Gasteiger partial charge in [-0.25, -0.2) is 9.78 Å². The van der Waals surface area contributed by atoms with Crippen molar-refractivity contribution >= 4 is 17.7 Å². The third-order valence-electron chi connectivity index (χ3n) is 3.42. The second-order valence-corrected chi connectivity index (χ2v) is 7.25. The van der Waals surface area contributed by atoms with Gasteiger partial charge in [0.15, 0.2) is 0 Å². The number of likely N-dealkylation sites (tertiary alicyclic amines) is 1. The van der Waals surface area contributed by atoms with E-state index in [-0.39, 0.29) is 18.0 Å². The molecule has 1 aromatic heterocycles. The summed E-state index contributed by atoms with van der Waals surface area (Å²) in [5.74, 6) is 0.235. The fraction of sp³-hybridized carbons (Fsp3) is 0.688. The van der Waals surface area contributed by atoms with Crippen LogP contribution >= 0.6 is 11.6 Å². The molecule has 0 radical (unpaired) electrons. The summed E-state index contributed by atoms with van der Waals surface area (Å²) in [5, 5.41) is 0.367. The Morgan fingerprint density at radius 3 is 2.83 bits per heavy atom. The molecule has 1 amide bonds. The summed E-state index contributed by atoms with van der Waals surface area (Å²) in [6.07, 6.45) is 1.67. The van der Waals surface area contributed by atoms with Gasteiger partial charge in [0, 0.05) is 24.7 Å². The van der Waals surface area contributed by atoms with Crippen LogP contribution in [0.25, 0.3) is 0 Å². The third kappa shape index (κ3) is 5.86. The zero-order valence-electron chi connectivity index (χ0n) is 14.1. The minimum atomic E-state index is -0.479. The minimum absolute atomic E-state index is 0.235. The molecule has 1 aromatic rings. The van der Waals surface area contributed by atoms with Crippen molar-refractivity contribution < 1.29 is 14.3 Å². The van der Waals surface area contributed by atoms with E-state index in [9.17, 15) is 4.79 Å². The molecule has 1 aliphatic rings. The first-order valence-electron chi connectivity index (χ1n) is 7.85. The van der Waals surface area contributed by atoms with E-state index in [0.29, 0.717) is 18.3 Å². The SMILES string of the molecule is Cc1cc(Cl)nc(OCC2CCCN(C(=O)OC(C)(C)C)C2)n1. The highest BCUT2D eigenvalue weighted by molar-refractivity contribution is 6.29. The maximum absolute atomic E-state index is 12.1. The number of rotatable bonds is 3. The highest BCUT2D eigenvalue weighted by Crippen LogP contribution is 2.20. The van der Waals surface area contributed by atoms with E-state index >= 15 is 0 Å². The Bertz CT molecular complexity index is 540. The highest BCUT2D eigenvalue weighted by atomic mass is 35.5. The van der Waals surface area contributed by atoms with E-state index in [1.807, 2.05) is 27.7 Å². The number of carbonyl (C=O) groups excluding carboxylic acids is 1. The Labute approximate surface area is 142 Å². The van der Waals surface area contributed by atoms with Gasteiger partial charge in [0.1, 0.15) is 10.8 Å². The van der Waals surface area contributed by atoms with Crippen LogP contribution in [0.1, 0.15) is 39.3 Å². The van der Waals surface area contributed by atoms with Crippen LogP contribution in [-0.4, -0.2) is 46.3 Å². The third-order valence-corrected chi connectivity index (χ3v) is 3.61. The van der Waals surface area contributed by atoms with Gasteiger partial charge in [-0.3, -0.25) is 0 Å². The molecule has 0 N–H and O–H groups in total. The van der Waals surface area contributed by atoms with Gasteiger partial charge in [0.25, 0.3) is 0 Å². The molecule has 1 saturated heterocycles. The van der Waals surface area contributed by atoms with Crippen molar-refractivity contribution in [1.82, 2.24) is 14.9 Å². The van der Waals surface area contributed by atoms with Gasteiger partial charge in [-0.05, 0) is 46.6 Å².